The van der Waals surface area contributed by atoms with Crippen LogP contribution in [0.4, 0.5) is 11.4 Å². The molecule has 1 aromatic rings. The highest BCUT2D eigenvalue weighted by atomic mass is 32.1. The summed E-state index contributed by atoms with van der Waals surface area (Å²) in [5.41, 5.74) is 8.41. The molecule has 1 fully saturated rings. The summed E-state index contributed by atoms with van der Waals surface area (Å²) in [7, 11) is 0. The van der Waals surface area contributed by atoms with Crippen molar-refractivity contribution in [2.45, 2.75) is 18.6 Å². The number of nitrogens with zero attached hydrogens (tertiary/aromatic N) is 1. The maximum Gasteiger partial charge on any atom is 0.228 e. The van der Waals surface area contributed by atoms with Crippen LogP contribution in [0.15, 0.2) is 18.2 Å². The first kappa shape index (κ1) is 10.4. The van der Waals surface area contributed by atoms with Crippen LogP contribution in [0.5, 0.6) is 0 Å². The van der Waals surface area contributed by atoms with Crippen molar-refractivity contribution in [1.82, 2.24) is 0 Å². The maximum absolute atomic E-state index is 11.6. The minimum absolute atomic E-state index is 0.138. The molecule has 1 unspecified atom stereocenters. The van der Waals surface area contributed by atoms with E-state index in [2.05, 4.69) is 12.6 Å². The van der Waals surface area contributed by atoms with Gasteiger partial charge in [0.25, 0.3) is 0 Å². The van der Waals surface area contributed by atoms with Crippen molar-refractivity contribution >= 4 is 29.9 Å². The van der Waals surface area contributed by atoms with Gasteiger partial charge in [0.15, 0.2) is 0 Å². The number of hydrogen-bond donors (Lipinski definition) is 2. The van der Waals surface area contributed by atoms with Gasteiger partial charge in [0.2, 0.25) is 5.91 Å². The molecule has 2 N–H and O–H groups in total. The van der Waals surface area contributed by atoms with Gasteiger partial charge < -0.3 is 10.6 Å². The van der Waals surface area contributed by atoms with Crippen LogP contribution in [-0.4, -0.2) is 17.7 Å². The SMILES string of the molecule is Cc1cc(N2CC(S)CC2=O)ccc1N. The van der Waals surface area contributed by atoms with Gasteiger partial charge in [-0.2, -0.15) is 12.6 Å². The van der Waals surface area contributed by atoms with Crippen molar-refractivity contribution in [3.63, 3.8) is 0 Å². The van der Waals surface area contributed by atoms with E-state index < -0.39 is 0 Å². The Balaban J connectivity index is 2.30. The van der Waals surface area contributed by atoms with Crippen LogP contribution in [-0.2, 0) is 4.79 Å². The highest BCUT2D eigenvalue weighted by molar-refractivity contribution is 7.81. The number of benzene rings is 1. The molecule has 0 saturated carbocycles. The summed E-state index contributed by atoms with van der Waals surface area (Å²) in [6, 6.07) is 5.66. The van der Waals surface area contributed by atoms with Gasteiger partial charge in [0.1, 0.15) is 0 Å². The van der Waals surface area contributed by atoms with Gasteiger partial charge in [-0.1, -0.05) is 0 Å². The Labute approximate surface area is 94.7 Å². The van der Waals surface area contributed by atoms with Crippen LogP contribution in [0.2, 0.25) is 0 Å². The third kappa shape index (κ3) is 1.95. The molecule has 1 aliphatic heterocycles. The van der Waals surface area contributed by atoms with E-state index in [1.807, 2.05) is 25.1 Å². The van der Waals surface area contributed by atoms with E-state index in [-0.39, 0.29) is 11.2 Å². The Morgan fingerprint density at radius 1 is 1.53 bits per heavy atom. The molecular formula is C11H14N2OS. The highest BCUT2D eigenvalue weighted by Crippen LogP contribution is 2.26. The molecule has 3 nitrogen and oxygen atoms in total. The van der Waals surface area contributed by atoms with E-state index in [0.29, 0.717) is 13.0 Å². The predicted molar refractivity (Wildman–Crippen MR) is 65.3 cm³/mol. The summed E-state index contributed by atoms with van der Waals surface area (Å²) in [5.74, 6) is 0.138. The zero-order chi connectivity index (χ0) is 11.0. The predicted octanol–water partition coefficient (Wildman–Crippen LogP) is 1.61. The van der Waals surface area contributed by atoms with Crippen LogP contribution >= 0.6 is 12.6 Å². The molecule has 0 bridgehead atoms. The van der Waals surface area contributed by atoms with Crippen LogP contribution in [0.25, 0.3) is 0 Å². The molecule has 15 heavy (non-hydrogen) atoms. The fraction of sp³-hybridized carbons (Fsp3) is 0.364. The van der Waals surface area contributed by atoms with E-state index in [1.165, 1.54) is 0 Å². The molecule has 1 amide bonds. The number of anilines is 2. The number of thiol groups is 1. The molecule has 1 aromatic carbocycles. The fourth-order valence-corrected chi connectivity index (χ4v) is 2.09. The molecule has 0 aliphatic carbocycles. The van der Waals surface area contributed by atoms with E-state index >= 15 is 0 Å². The van der Waals surface area contributed by atoms with Crippen molar-refractivity contribution in [1.29, 1.82) is 0 Å². The molecule has 1 aliphatic rings. The first-order valence-corrected chi connectivity index (χ1v) is 5.44. The summed E-state index contributed by atoms with van der Waals surface area (Å²) < 4.78 is 0. The third-order valence-electron chi connectivity index (χ3n) is 2.67. The number of nitrogen functional groups attached to an aromatic ring is 1. The molecule has 1 atom stereocenters. The molecule has 80 valence electrons. The minimum atomic E-state index is 0.138. The number of aryl methyl sites for hydroxylation is 1. The second-order valence-corrected chi connectivity index (χ2v) is 4.63. The average molecular weight is 222 g/mol. The summed E-state index contributed by atoms with van der Waals surface area (Å²) in [6.45, 7) is 2.63. The molecule has 0 aromatic heterocycles. The summed E-state index contributed by atoms with van der Waals surface area (Å²) in [6.07, 6.45) is 0.520. The second-order valence-electron chi connectivity index (χ2n) is 3.90. The summed E-state index contributed by atoms with van der Waals surface area (Å²) >= 11 is 4.32. The first-order chi connectivity index (χ1) is 7.08. The normalized spacial score (nSPS) is 21.1. The summed E-state index contributed by atoms with van der Waals surface area (Å²) in [5, 5.41) is 0.148. The Hall–Kier alpha value is -1.16. The van der Waals surface area contributed by atoms with Gasteiger partial charge in [0, 0.05) is 29.6 Å². The Kier molecular flexibility index (Phi) is 2.61. The Morgan fingerprint density at radius 3 is 2.80 bits per heavy atom. The lowest BCUT2D eigenvalue weighted by atomic mass is 10.2. The lowest BCUT2D eigenvalue weighted by molar-refractivity contribution is -0.117. The smallest absolute Gasteiger partial charge is 0.228 e. The number of rotatable bonds is 1. The zero-order valence-electron chi connectivity index (χ0n) is 8.60. The monoisotopic (exact) mass is 222 g/mol. The van der Waals surface area contributed by atoms with E-state index in [0.717, 1.165) is 16.9 Å². The van der Waals surface area contributed by atoms with Gasteiger partial charge in [-0.15, -0.1) is 0 Å². The van der Waals surface area contributed by atoms with Crippen molar-refractivity contribution in [2.24, 2.45) is 0 Å². The number of nitrogens with two attached hydrogens (primary N) is 1. The molecule has 2 rings (SSSR count). The molecule has 4 heteroatoms. The van der Waals surface area contributed by atoms with Crippen LogP contribution in [0, 0.1) is 6.92 Å². The van der Waals surface area contributed by atoms with E-state index in [9.17, 15) is 4.79 Å². The van der Waals surface area contributed by atoms with E-state index in [1.54, 1.807) is 4.90 Å². The Bertz CT molecular complexity index is 406. The number of carbonyl (C=O) groups excluding carboxylic acids is 1. The fourth-order valence-electron chi connectivity index (χ4n) is 1.77. The largest absolute Gasteiger partial charge is 0.399 e. The standard InChI is InChI=1S/C11H14N2OS/c1-7-4-8(2-3-10(7)12)13-6-9(15)5-11(13)14/h2-4,9,15H,5-6,12H2,1H3. The average Bonchev–Trinajstić information content (AvgIpc) is 2.50. The minimum Gasteiger partial charge on any atom is -0.399 e. The summed E-state index contributed by atoms with van der Waals surface area (Å²) in [4.78, 5) is 13.4. The van der Waals surface area contributed by atoms with Crippen LogP contribution in [0.3, 0.4) is 0 Å². The van der Waals surface area contributed by atoms with Crippen molar-refractivity contribution in [2.75, 3.05) is 17.2 Å². The van der Waals surface area contributed by atoms with Crippen molar-refractivity contribution in [3.8, 4) is 0 Å². The van der Waals surface area contributed by atoms with Crippen LogP contribution in [0.1, 0.15) is 12.0 Å². The second kappa shape index (κ2) is 3.77. The molecular weight excluding hydrogens is 208 g/mol. The quantitative estimate of drug-likeness (QED) is 0.560. The van der Waals surface area contributed by atoms with Crippen molar-refractivity contribution in [3.05, 3.63) is 23.8 Å². The topological polar surface area (TPSA) is 46.3 Å². The van der Waals surface area contributed by atoms with Gasteiger partial charge in [-0.05, 0) is 30.7 Å². The number of amides is 1. The lowest BCUT2D eigenvalue weighted by Gasteiger charge is -2.17. The number of carbonyl (C=O) groups is 1. The van der Waals surface area contributed by atoms with Crippen molar-refractivity contribution < 1.29 is 4.79 Å². The molecule has 0 spiro atoms. The molecule has 0 radical (unpaired) electrons. The van der Waals surface area contributed by atoms with E-state index in [4.69, 9.17) is 5.73 Å². The first-order valence-electron chi connectivity index (χ1n) is 4.92. The molecule has 1 heterocycles. The van der Waals surface area contributed by atoms with Gasteiger partial charge in [-0.3, -0.25) is 4.79 Å². The molecule has 1 saturated heterocycles. The van der Waals surface area contributed by atoms with Gasteiger partial charge >= 0.3 is 0 Å². The maximum atomic E-state index is 11.6. The third-order valence-corrected chi connectivity index (χ3v) is 3.02. The zero-order valence-corrected chi connectivity index (χ0v) is 9.50. The van der Waals surface area contributed by atoms with Gasteiger partial charge in [-0.25, -0.2) is 0 Å². The number of hydrogen-bond acceptors (Lipinski definition) is 3. The highest BCUT2D eigenvalue weighted by Gasteiger charge is 2.28. The Morgan fingerprint density at radius 2 is 2.27 bits per heavy atom. The van der Waals surface area contributed by atoms with Crippen LogP contribution < -0.4 is 10.6 Å². The van der Waals surface area contributed by atoms with Gasteiger partial charge in [0.05, 0.1) is 0 Å². The lowest BCUT2D eigenvalue weighted by Crippen LogP contribution is -2.24.